The number of hydrogen-bond donors (Lipinski definition) is 0. The zero-order valence-electron chi connectivity index (χ0n) is 11.7. The average molecular weight is 320 g/mol. The van der Waals surface area contributed by atoms with Crippen LogP contribution in [0.3, 0.4) is 0 Å². The van der Waals surface area contributed by atoms with Crippen LogP contribution in [0.5, 0.6) is 0 Å². The van der Waals surface area contributed by atoms with Crippen molar-refractivity contribution >= 4 is 21.4 Å². The van der Waals surface area contributed by atoms with Gasteiger partial charge in [0, 0.05) is 5.02 Å². The third kappa shape index (κ3) is 3.44. The quantitative estimate of drug-likeness (QED) is 0.864. The Morgan fingerprint density at radius 2 is 1.86 bits per heavy atom. The van der Waals surface area contributed by atoms with Crippen molar-refractivity contribution in [1.29, 1.82) is 5.26 Å². The highest BCUT2D eigenvalue weighted by atomic mass is 35.5. The van der Waals surface area contributed by atoms with E-state index in [1.807, 2.05) is 19.1 Å². The third-order valence-electron chi connectivity index (χ3n) is 3.19. The van der Waals surface area contributed by atoms with Gasteiger partial charge in [0.1, 0.15) is 0 Å². The number of halogens is 1. The molecule has 0 fully saturated rings. The second kappa shape index (κ2) is 5.88. The number of sulfone groups is 1. The third-order valence-corrected chi connectivity index (χ3v) is 5.36. The van der Waals surface area contributed by atoms with E-state index in [0.717, 1.165) is 11.1 Å². The second-order valence-corrected chi connectivity index (χ2v) is 7.31. The van der Waals surface area contributed by atoms with Crippen molar-refractivity contribution in [3.63, 3.8) is 0 Å². The molecule has 0 heterocycles. The first-order valence-corrected chi connectivity index (χ1v) is 8.35. The molecule has 0 aromatic heterocycles. The van der Waals surface area contributed by atoms with E-state index in [2.05, 4.69) is 0 Å². The second-order valence-electron chi connectivity index (χ2n) is 4.95. The molecule has 0 radical (unpaired) electrons. The zero-order valence-corrected chi connectivity index (χ0v) is 13.3. The molecule has 0 saturated carbocycles. The molecule has 0 spiro atoms. The lowest BCUT2D eigenvalue weighted by Crippen LogP contribution is -2.07. The Morgan fingerprint density at radius 3 is 2.43 bits per heavy atom. The first-order chi connectivity index (χ1) is 9.83. The van der Waals surface area contributed by atoms with Gasteiger partial charge in [-0.25, -0.2) is 8.42 Å². The largest absolute Gasteiger partial charge is 0.223 e. The van der Waals surface area contributed by atoms with Crippen molar-refractivity contribution in [1.82, 2.24) is 0 Å². The Hall–Kier alpha value is -1.83. The van der Waals surface area contributed by atoms with Gasteiger partial charge in [0.25, 0.3) is 0 Å². The fraction of sp³-hybridized carbons (Fsp3) is 0.188. The van der Waals surface area contributed by atoms with Gasteiger partial charge < -0.3 is 0 Å². The Morgan fingerprint density at radius 1 is 1.14 bits per heavy atom. The maximum Gasteiger partial charge on any atom is 0.182 e. The van der Waals surface area contributed by atoms with Crippen molar-refractivity contribution in [3.8, 4) is 6.07 Å². The van der Waals surface area contributed by atoms with Crippen LogP contribution >= 0.6 is 11.6 Å². The maximum atomic E-state index is 12.5. The Kier molecular flexibility index (Phi) is 4.36. The van der Waals surface area contributed by atoms with E-state index in [-0.39, 0.29) is 5.75 Å². The SMILES string of the molecule is Cc1ccc(S(=O)(=O)Cc2ccc(C#N)cc2Cl)c(C)c1. The van der Waals surface area contributed by atoms with Crippen molar-refractivity contribution < 1.29 is 8.42 Å². The molecule has 0 atom stereocenters. The summed E-state index contributed by atoms with van der Waals surface area (Å²) in [6, 6.07) is 11.8. The van der Waals surface area contributed by atoms with Gasteiger partial charge in [-0.1, -0.05) is 35.4 Å². The van der Waals surface area contributed by atoms with Crippen LogP contribution < -0.4 is 0 Å². The number of nitrogens with zero attached hydrogens (tertiary/aromatic N) is 1. The van der Waals surface area contributed by atoms with Gasteiger partial charge in [-0.05, 0) is 43.2 Å². The number of hydrogen-bond acceptors (Lipinski definition) is 3. The Labute approximate surface area is 129 Å². The normalized spacial score (nSPS) is 11.1. The summed E-state index contributed by atoms with van der Waals surface area (Å²) in [5, 5.41) is 9.09. The van der Waals surface area contributed by atoms with E-state index in [1.165, 1.54) is 6.07 Å². The molecule has 5 heteroatoms. The zero-order chi connectivity index (χ0) is 15.6. The van der Waals surface area contributed by atoms with E-state index in [4.69, 9.17) is 16.9 Å². The van der Waals surface area contributed by atoms with Crippen molar-refractivity contribution in [2.75, 3.05) is 0 Å². The van der Waals surface area contributed by atoms with Crippen molar-refractivity contribution in [2.24, 2.45) is 0 Å². The van der Waals surface area contributed by atoms with E-state index >= 15 is 0 Å². The minimum Gasteiger partial charge on any atom is -0.223 e. The molecular weight excluding hydrogens is 306 g/mol. The summed E-state index contributed by atoms with van der Waals surface area (Å²) in [7, 11) is -3.47. The van der Waals surface area contributed by atoms with E-state index in [9.17, 15) is 8.42 Å². The van der Waals surface area contributed by atoms with E-state index in [1.54, 1.807) is 31.2 Å². The monoisotopic (exact) mass is 319 g/mol. The van der Waals surface area contributed by atoms with Crippen molar-refractivity contribution in [2.45, 2.75) is 24.5 Å². The Balaban J connectivity index is 2.40. The van der Waals surface area contributed by atoms with Gasteiger partial charge in [0.15, 0.2) is 9.84 Å². The smallest absolute Gasteiger partial charge is 0.182 e. The van der Waals surface area contributed by atoms with Gasteiger partial charge in [-0.15, -0.1) is 0 Å². The standard InChI is InChI=1S/C16H14ClNO2S/c1-11-3-6-16(12(2)7-11)21(19,20)10-14-5-4-13(9-18)8-15(14)17/h3-8H,10H2,1-2H3. The van der Waals surface area contributed by atoms with Gasteiger partial charge >= 0.3 is 0 Å². The molecule has 0 saturated heterocycles. The van der Waals surface area contributed by atoms with Crippen LogP contribution in [0, 0.1) is 25.2 Å². The summed E-state index contributed by atoms with van der Waals surface area (Å²) in [6.45, 7) is 3.70. The highest BCUT2D eigenvalue weighted by Gasteiger charge is 2.19. The topological polar surface area (TPSA) is 57.9 Å². The molecule has 0 N–H and O–H groups in total. The lowest BCUT2D eigenvalue weighted by Gasteiger charge is -2.10. The average Bonchev–Trinajstić information content (AvgIpc) is 2.40. The molecule has 3 nitrogen and oxygen atoms in total. The fourth-order valence-electron chi connectivity index (χ4n) is 2.16. The lowest BCUT2D eigenvalue weighted by molar-refractivity contribution is 0.594. The summed E-state index contributed by atoms with van der Waals surface area (Å²) < 4.78 is 25.0. The summed E-state index contributed by atoms with van der Waals surface area (Å²) in [5.41, 5.74) is 2.64. The summed E-state index contributed by atoms with van der Waals surface area (Å²) in [4.78, 5) is 0.313. The molecule has 0 unspecified atom stereocenters. The number of aryl methyl sites for hydroxylation is 2. The number of rotatable bonds is 3. The first-order valence-electron chi connectivity index (χ1n) is 6.32. The molecule has 0 amide bonds. The molecule has 2 rings (SSSR count). The predicted octanol–water partition coefficient (Wildman–Crippen LogP) is 3.80. The summed E-state index contributed by atoms with van der Waals surface area (Å²) in [6.07, 6.45) is 0. The van der Waals surface area contributed by atoms with E-state index < -0.39 is 9.84 Å². The summed E-state index contributed by atoms with van der Waals surface area (Å²) >= 11 is 6.05. The Bertz CT molecular complexity index is 836. The van der Waals surface area contributed by atoms with Crippen LogP contribution in [0.2, 0.25) is 5.02 Å². The molecular formula is C16H14ClNO2S. The highest BCUT2D eigenvalue weighted by Crippen LogP contribution is 2.25. The molecule has 0 aliphatic rings. The molecule has 0 aliphatic heterocycles. The minimum absolute atomic E-state index is 0.179. The van der Waals surface area contributed by atoms with Crippen LogP contribution in [0.1, 0.15) is 22.3 Å². The molecule has 0 aliphatic carbocycles. The molecule has 108 valence electrons. The van der Waals surface area contributed by atoms with Gasteiger partial charge in [0.05, 0.1) is 22.3 Å². The molecule has 2 aromatic rings. The van der Waals surface area contributed by atoms with Gasteiger partial charge in [-0.2, -0.15) is 5.26 Å². The van der Waals surface area contributed by atoms with Crippen molar-refractivity contribution in [3.05, 3.63) is 63.7 Å². The summed E-state index contributed by atoms with van der Waals surface area (Å²) in [5.74, 6) is -0.179. The van der Waals surface area contributed by atoms with Crippen LogP contribution in [0.25, 0.3) is 0 Å². The van der Waals surface area contributed by atoms with Gasteiger partial charge in [0.2, 0.25) is 0 Å². The van der Waals surface area contributed by atoms with Crippen LogP contribution in [0.15, 0.2) is 41.3 Å². The number of nitriles is 1. The maximum absolute atomic E-state index is 12.5. The van der Waals surface area contributed by atoms with Crippen LogP contribution in [-0.4, -0.2) is 8.42 Å². The lowest BCUT2D eigenvalue weighted by atomic mass is 10.2. The fourth-order valence-corrected chi connectivity index (χ4v) is 4.13. The van der Waals surface area contributed by atoms with Gasteiger partial charge in [-0.3, -0.25) is 0 Å². The number of benzene rings is 2. The van der Waals surface area contributed by atoms with Crippen LogP contribution in [-0.2, 0) is 15.6 Å². The molecule has 21 heavy (non-hydrogen) atoms. The molecule has 0 bridgehead atoms. The van der Waals surface area contributed by atoms with Crippen LogP contribution in [0.4, 0.5) is 0 Å². The molecule has 2 aromatic carbocycles. The van der Waals surface area contributed by atoms with E-state index in [0.29, 0.717) is 21.0 Å². The predicted molar refractivity (Wildman–Crippen MR) is 83.0 cm³/mol. The minimum atomic E-state index is -3.47. The first kappa shape index (κ1) is 15.6. The highest BCUT2D eigenvalue weighted by molar-refractivity contribution is 7.90.